The number of rotatable bonds is 4. The Morgan fingerprint density at radius 1 is 1.50 bits per heavy atom. The molecule has 0 bridgehead atoms. The summed E-state index contributed by atoms with van der Waals surface area (Å²) < 4.78 is 31.1. The minimum atomic E-state index is -3.17. The summed E-state index contributed by atoms with van der Waals surface area (Å²) >= 11 is 0. The van der Waals surface area contributed by atoms with Crippen LogP contribution in [0.1, 0.15) is 23.8 Å². The summed E-state index contributed by atoms with van der Waals surface area (Å²) in [7, 11) is -1.43. The Balaban J connectivity index is 1.74. The third-order valence-corrected chi connectivity index (χ3v) is 7.36. The van der Waals surface area contributed by atoms with E-state index in [2.05, 4.69) is 5.10 Å². The summed E-state index contributed by atoms with van der Waals surface area (Å²) in [5, 5.41) is 4.08. The molecule has 1 atom stereocenters. The summed E-state index contributed by atoms with van der Waals surface area (Å²) in [6, 6.07) is 1.65. The number of carbonyl (C=O) groups is 1. The maximum absolute atomic E-state index is 12.4. The molecule has 8 heteroatoms. The molecule has 0 radical (unpaired) electrons. The molecule has 2 aliphatic heterocycles. The van der Waals surface area contributed by atoms with E-state index in [1.54, 1.807) is 28.9 Å². The van der Waals surface area contributed by atoms with Gasteiger partial charge in [-0.05, 0) is 19.4 Å². The summed E-state index contributed by atoms with van der Waals surface area (Å²) in [5.41, 5.74) is 0.356. The van der Waals surface area contributed by atoms with E-state index in [0.29, 0.717) is 25.3 Å². The zero-order chi connectivity index (χ0) is 16.0. The number of ether oxygens (including phenoxy) is 1. The van der Waals surface area contributed by atoms with Crippen molar-refractivity contribution in [3.63, 3.8) is 0 Å². The number of carbonyl (C=O) groups excluding carboxylic acids is 1. The van der Waals surface area contributed by atoms with Crippen molar-refractivity contribution in [2.24, 2.45) is 13.0 Å². The Kier molecular flexibility index (Phi) is 3.76. The van der Waals surface area contributed by atoms with Gasteiger partial charge in [-0.25, -0.2) is 8.42 Å². The molecule has 3 heterocycles. The molecule has 122 valence electrons. The number of hydrogen-bond acceptors (Lipinski definition) is 5. The molecule has 2 aliphatic rings. The van der Waals surface area contributed by atoms with Gasteiger partial charge in [0.1, 0.15) is 10.4 Å². The lowest BCUT2D eigenvalue weighted by Gasteiger charge is -2.49. The van der Waals surface area contributed by atoms with Crippen molar-refractivity contribution >= 4 is 15.7 Å². The molecule has 0 aromatic carbocycles. The van der Waals surface area contributed by atoms with Gasteiger partial charge in [-0.2, -0.15) is 5.10 Å². The van der Waals surface area contributed by atoms with Crippen molar-refractivity contribution in [3.05, 3.63) is 18.0 Å². The topological polar surface area (TPSA) is 81.5 Å². The zero-order valence-electron chi connectivity index (χ0n) is 12.9. The average Bonchev–Trinajstić information content (AvgIpc) is 2.95. The highest BCUT2D eigenvalue weighted by Gasteiger charge is 2.62. The number of nitrogens with zero attached hydrogens (tertiary/aromatic N) is 3. The molecule has 3 rings (SSSR count). The van der Waals surface area contributed by atoms with Crippen LogP contribution in [0.25, 0.3) is 0 Å². The molecule has 2 fully saturated rings. The molecule has 0 N–H and O–H groups in total. The Morgan fingerprint density at radius 3 is 2.82 bits per heavy atom. The Morgan fingerprint density at radius 2 is 2.23 bits per heavy atom. The SMILES string of the molecule is CCOC[C@@H]1CCS(=O)(=O)C12CN(C(=O)c1ccn(C)n1)C2. The summed E-state index contributed by atoms with van der Waals surface area (Å²) in [4.78, 5) is 13.9. The number of hydrogen-bond donors (Lipinski definition) is 0. The number of likely N-dealkylation sites (tertiary alicyclic amines) is 1. The third kappa shape index (κ3) is 2.25. The fourth-order valence-electron chi connectivity index (χ4n) is 3.40. The van der Waals surface area contributed by atoms with E-state index < -0.39 is 14.6 Å². The molecule has 1 aromatic heterocycles. The van der Waals surface area contributed by atoms with Crippen molar-refractivity contribution < 1.29 is 17.9 Å². The average molecular weight is 327 g/mol. The monoisotopic (exact) mass is 327 g/mol. The van der Waals surface area contributed by atoms with Gasteiger partial charge < -0.3 is 9.64 Å². The molecule has 0 saturated carbocycles. The van der Waals surface area contributed by atoms with Gasteiger partial charge in [-0.1, -0.05) is 0 Å². The molecule has 2 saturated heterocycles. The van der Waals surface area contributed by atoms with Gasteiger partial charge in [0.15, 0.2) is 9.84 Å². The van der Waals surface area contributed by atoms with E-state index in [4.69, 9.17) is 4.74 Å². The highest BCUT2D eigenvalue weighted by molar-refractivity contribution is 7.93. The van der Waals surface area contributed by atoms with Crippen LogP contribution < -0.4 is 0 Å². The zero-order valence-corrected chi connectivity index (χ0v) is 13.7. The van der Waals surface area contributed by atoms with Gasteiger partial charge in [-0.3, -0.25) is 9.48 Å². The minimum Gasteiger partial charge on any atom is -0.381 e. The van der Waals surface area contributed by atoms with Crippen molar-refractivity contribution in [1.29, 1.82) is 0 Å². The van der Waals surface area contributed by atoms with Crippen LogP contribution in [0.4, 0.5) is 0 Å². The Hall–Kier alpha value is -1.41. The quantitative estimate of drug-likeness (QED) is 0.782. The fourth-order valence-corrected chi connectivity index (χ4v) is 5.80. The van der Waals surface area contributed by atoms with Crippen molar-refractivity contribution in [2.75, 3.05) is 32.1 Å². The van der Waals surface area contributed by atoms with Crippen LogP contribution in [0.5, 0.6) is 0 Å². The second-order valence-corrected chi connectivity index (χ2v) is 8.52. The summed E-state index contributed by atoms with van der Waals surface area (Å²) in [6.45, 7) is 3.42. The molecule has 1 amide bonds. The predicted molar refractivity (Wildman–Crippen MR) is 80.2 cm³/mol. The second kappa shape index (κ2) is 5.34. The lowest BCUT2D eigenvalue weighted by Crippen LogP contribution is -2.68. The second-order valence-electron chi connectivity index (χ2n) is 6.06. The molecular weight excluding hydrogens is 306 g/mol. The van der Waals surface area contributed by atoms with Gasteiger partial charge in [0.25, 0.3) is 5.91 Å². The molecule has 1 spiro atoms. The van der Waals surface area contributed by atoms with Gasteiger partial charge in [-0.15, -0.1) is 0 Å². The molecular formula is C14H21N3O4S. The third-order valence-electron chi connectivity index (χ3n) is 4.76. The largest absolute Gasteiger partial charge is 0.381 e. The van der Waals surface area contributed by atoms with Gasteiger partial charge in [0.2, 0.25) is 0 Å². The van der Waals surface area contributed by atoms with Crippen LogP contribution in [0.2, 0.25) is 0 Å². The minimum absolute atomic E-state index is 0.0229. The summed E-state index contributed by atoms with van der Waals surface area (Å²) in [6.07, 6.45) is 2.32. The lowest BCUT2D eigenvalue weighted by molar-refractivity contribution is 0.0266. The van der Waals surface area contributed by atoms with E-state index >= 15 is 0 Å². The highest BCUT2D eigenvalue weighted by atomic mass is 32.2. The van der Waals surface area contributed by atoms with Crippen LogP contribution in [0.15, 0.2) is 12.3 Å². The van der Waals surface area contributed by atoms with Gasteiger partial charge >= 0.3 is 0 Å². The molecule has 22 heavy (non-hydrogen) atoms. The standard InChI is InChI=1S/C14H21N3O4S/c1-3-21-8-11-5-7-22(19,20)14(11)9-17(10-14)13(18)12-4-6-16(2)15-12/h4,6,11H,3,5,7-10H2,1-2H3/t11-/m0/s1. The molecule has 7 nitrogen and oxygen atoms in total. The first-order chi connectivity index (χ1) is 10.4. The fraction of sp³-hybridized carbons (Fsp3) is 0.714. The highest BCUT2D eigenvalue weighted by Crippen LogP contribution is 2.45. The van der Waals surface area contributed by atoms with Crippen LogP contribution in [0.3, 0.4) is 0 Å². The Labute approximate surface area is 130 Å². The van der Waals surface area contributed by atoms with Crippen molar-refractivity contribution in [1.82, 2.24) is 14.7 Å². The van der Waals surface area contributed by atoms with E-state index in [1.165, 1.54) is 0 Å². The van der Waals surface area contributed by atoms with Crippen LogP contribution >= 0.6 is 0 Å². The molecule has 0 unspecified atom stereocenters. The van der Waals surface area contributed by atoms with Crippen LogP contribution in [-0.4, -0.2) is 65.8 Å². The summed E-state index contributed by atoms with van der Waals surface area (Å²) in [5.74, 6) is -0.0372. The predicted octanol–water partition coefficient (Wildman–Crippen LogP) is 0.0859. The smallest absolute Gasteiger partial charge is 0.274 e. The van der Waals surface area contributed by atoms with Gasteiger partial charge in [0.05, 0.1) is 12.4 Å². The maximum Gasteiger partial charge on any atom is 0.274 e. The maximum atomic E-state index is 12.4. The van der Waals surface area contributed by atoms with Gasteiger partial charge in [0, 0.05) is 38.9 Å². The molecule has 0 aliphatic carbocycles. The van der Waals surface area contributed by atoms with E-state index in [-0.39, 0.29) is 30.7 Å². The first-order valence-corrected chi connectivity index (χ1v) is 9.14. The Bertz CT molecular complexity index is 676. The lowest BCUT2D eigenvalue weighted by atomic mass is 9.83. The number of amides is 1. The first kappa shape index (κ1) is 15.5. The van der Waals surface area contributed by atoms with E-state index in [1.807, 2.05) is 6.92 Å². The van der Waals surface area contributed by atoms with Crippen molar-refractivity contribution in [3.8, 4) is 0 Å². The van der Waals surface area contributed by atoms with Crippen LogP contribution in [0, 0.1) is 5.92 Å². The number of sulfone groups is 1. The van der Waals surface area contributed by atoms with Crippen LogP contribution in [-0.2, 0) is 21.6 Å². The number of aryl methyl sites for hydroxylation is 1. The normalized spacial score (nSPS) is 25.4. The first-order valence-electron chi connectivity index (χ1n) is 7.48. The van der Waals surface area contributed by atoms with Crippen molar-refractivity contribution in [2.45, 2.75) is 18.1 Å². The van der Waals surface area contributed by atoms with E-state index in [0.717, 1.165) is 0 Å². The van der Waals surface area contributed by atoms with E-state index in [9.17, 15) is 13.2 Å². The number of aromatic nitrogens is 2. The molecule has 1 aromatic rings.